The Balaban J connectivity index is 1.59. The highest BCUT2D eigenvalue weighted by Crippen LogP contribution is 2.35. The Morgan fingerprint density at radius 2 is 1.93 bits per heavy atom. The lowest BCUT2D eigenvalue weighted by molar-refractivity contribution is -0.128. The van der Waals surface area contributed by atoms with Crippen molar-refractivity contribution in [2.24, 2.45) is 0 Å². The number of thioether (sulfide) groups is 1. The van der Waals surface area contributed by atoms with E-state index in [1.807, 2.05) is 4.90 Å². The Hall–Kier alpha value is -1.34. The van der Waals surface area contributed by atoms with Crippen LogP contribution < -0.4 is 5.56 Å². The Morgan fingerprint density at radius 1 is 1.15 bits per heavy atom. The number of rotatable bonds is 5. The van der Waals surface area contributed by atoms with Crippen molar-refractivity contribution in [2.75, 3.05) is 18.8 Å². The maximum atomic E-state index is 13.2. The average Bonchev–Trinajstić information content (AvgIpc) is 3.12. The summed E-state index contributed by atoms with van der Waals surface area (Å²) in [6, 6.07) is 0. The SMILES string of the molecule is CCCn1c(SCC(=O)N2CCCCCC2)nc2sc3c(c2c1=O)CCC3. The number of hydrogen-bond donors (Lipinski definition) is 0. The van der Waals surface area contributed by atoms with Gasteiger partial charge in [0.25, 0.3) is 5.56 Å². The van der Waals surface area contributed by atoms with Gasteiger partial charge in [-0.3, -0.25) is 14.2 Å². The minimum atomic E-state index is 0.0889. The molecule has 5 nitrogen and oxygen atoms in total. The maximum absolute atomic E-state index is 13.2. The smallest absolute Gasteiger partial charge is 0.263 e. The molecule has 0 aromatic carbocycles. The van der Waals surface area contributed by atoms with Crippen LogP contribution in [0.5, 0.6) is 0 Å². The molecule has 146 valence electrons. The van der Waals surface area contributed by atoms with Gasteiger partial charge in [0.05, 0.1) is 11.1 Å². The molecule has 0 radical (unpaired) electrons. The van der Waals surface area contributed by atoms with Crippen LogP contribution in [-0.2, 0) is 24.2 Å². The van der Waals surface area contributed by atoms with Crippen LogP contribution in [0.4, 0.5) is 0 Å². The standard InChI is InChI=1S/C20H27N3O2S2/c1-2-10-23-19(25)17-14-8-7-9-15(14)27-18(17)21-20(23)26-13-16(24)22-11-5-3-4-6-12-22/h2-13H2,1H3. The van der Waals surface area contributed by atoms with Crippen LogP contribution in [0.1, 0.15) is 55.9 Å². The van der Waals surface area contributed by atoms with Crippen molar-refractivity contribution in [1.29, 1.82) is 0 Å². The lowest BCUT2D eigenvalue weighted by Gasteiger charge is -2.20. The Kier molecular flexibility index (Phi) is 5.88. The zero-order valence-corrected chi connectivity index (χ0v) is 17.6. The van der Waals surface area contributed by atoms with Crippen LogP contribution in [-0.4, -0.2) is 39.2 Å². The van der Waals surface area contributed by atoms with E-state index in [9.17, 15) is 9.59 Å². The molecule has 0 spiro atoms. The molecular weight excluding hydrogens is 378 g/mol. The summed E-state index contributed by atoms with van der Waals surface area (Å²) in [5.74, 6) is 0.542. The van der Waals surface area contributed by atoms with Gasteiger partial charge in [0, 0.05) is 24.5 Å². The second-order valence-corrected chi connectivity index (χ2v) is 9.50. The summed E-state index contributed by atoms with van der Waals surface area (Å²) in [6.45, 7) is 4.47. The lowest BCUT2D eigenvalue weighted by Crippen LogP contribution is -2.33. The Labute approximate surface area is 168 Å². The number of nitrogens with zero attached hydrogens (tertiary/aromatic N) is 3. The van der Waals surface area contributed by atoms with Crippen molar-refractivity contribution >= 4 is 39.2 Å². The van der Waals surface area contributed by atoms with E-state index in [1.54, 1.807) is 15.9 Å². The molecule has 0 atom stereocenters. The fourth-order valence-corrected chi connectivity index (χ4v) is 6.36. The van der Waals surface area contributed by atoms with Gasteiger partial charge >= 0.3 is 0 Å². The van der Waals surface area contributed by atoms with Crippen LogP contribution in [0, 0.1) is 0 Å². The van der Waals surface area contributed by atoms with Gasteiger partial charge in [0.2, 0.25) is 5.91 Å². The van der Waals surface area contributed by atoms with E-state index < -0.39 is 0 Å². The predicted molar refractivity (Wildman–Crippen MR) is 112 cm³/mol. The number of likely N-dealkylation sites (tertiary alicyclic amines) is 1. The summed E-state index contributed by atoms with van der Waals surface area (Å²) in [4.78, 5) is 34.8. The van der Waals surface area contributed by atoms with E-state index in [0.717, 1.165) is 61.8 Å². The summed E-state index contributed by atoms with van der Waals surface area (Å²) < 4.78 is 1.80. The molecule has 1 fully saturated rings. The average molecular weight is 406 g/mol. The Morgan fingerprint density at radius 3 is 2.67 bits per heavy atom. The van der Waals surface area contributed by atoms with Gasteiger partial charge in [-0.25, -0.2) is 4.98 Å². The summed E-state index contributed by atoms with van der Waals surface area (Å²) in [5, 5.41) is 1.54. The third kappa shape index (κ3) is 3.81. The second kappa shape index (κ2) is 8.35. The van der Waals surface area contributed by atoms with E-state index in [4.69, 9.17) is 4.98 Å². The molecule has 0 bridgehead atoms. The topological polar surface area (TPSA) is 55.2 Å². The van der Waals surface area contributed by atoms with Crippen molar-refractivity contribution < 1.29 is 4.79 Å². The molecule has 2 aliphatic rings. The molecular formula is C20H27N3O2S2. The summed E-state index contributed by atoms with van der Waals surface area (Å²) in [5.41, 5.74) is 1.32. The van der Waals surface area contributed by atoms with Gasteiger partial charge in [-0.05, 0) is 44.1 Å². The molecule has 0 unspecified atom stereocenters. The van der Waals surface area contributed by atoms with Crippen molar-refractivity contribution in [3.05, 3.63) is 20.8 Å². The number of carbonyl (C=O) groups excluding carboxylic acids is 1. The van der Waals surface area contributed by atoms with E-state index in [1.165, 1.54) is 35.0 Å². The van der Waals surface area contributed by atoms with Crippen molar-refractivity contribution in [3.8, 4) is 0 Å². The largest absolute Gasteiger partial charge is 0.342 e. The van der Waals surface area contributed by atoms with Gasteiger partial charge in [-0.2, -0.15) is 0 Å². The van der Waals surface area contributed by atoms with Gasteiger partial charge in [0.1, 0.15) is 4.83 Å². The number of aromatic nitrogens is 2. The van der Waals surface area contributed by atoms with Crippen LogP contribution in [0.2, 0.25) is 0 Å². The van der Waals surface area contributed by atoms with Crippen LogP contribution >= 0.6 is 23.1 Å². The summed E-state index contributed by atoms with van der Waals surface area (Å²) >= 11 is 3.11. The highest BCUT2D eigenvalue weighted by molar-refractivity contribution is 7.99. The molecule has 4 rings (SSSR count). The van der Waals surface area contributed by atoms with E-state index in [-0.39, 0.29) is 11.5 Å². The first-order valence-corrected chi connectivity index (χ1v) is 11.9. The number of hydrogen-bond acceptors (Lipinski definition) is 5. The number of thiophene rings is 1. The van der Waals surface area contributed by atoms with Crippen molar-refractivity contribution in [2.45, 2.75) is 70.0 Å². The molecule has 0 saturated carbocycles. The first-order valence-electron chi connectivity index (χ1n) is 10.1. The fraction of sp³-hybridized carbons (Fsp3) is 0.650. The highest BCUT2D eigenvalue weighted by atomic mass is 32.2. The molecule has 3 heterocycles. The number of aryl methyl sites for hydroxylation is 2. The molecule has 7 heteroatoms. The van der Waals surface area contributed by atoms with Crippen LogP contribution in [0.15, 0.2) is 9.95 Å². The monoisotopic (exact) mass is 405 g/mol. The highest BCUT2D eigenvalue weighted by Gasteiger charge is 2.24. The third-order valence-electron chi connectivity index (χ3n) is 5.52. The maximum Gasteiger partial charge on any atom is 0.263 e. The number of carbonyl (C=O) groups is 1. The molecule has 2 aromatic heterocycles. The lowest BCUT2D eigenvalue weighted by atomic mass is 10.2. The van der Waals surface area contributed by atoms with Crippen molar-refractivity contribution in [3.63, 3.8) is 0 Å². The summed E-state index contributed by atoms with van der Waals surface area (Å²) in [6.07, 6.45) is 8.72. The normalized spacial score (nSPS) is 17.3. The number of fused-ring (bicyclic) bond motifs is 3. The van der Waals surface area contributed by atoms with Gasteiger partial charge in [-0.1, -0.05) is 31.5 Å². The molecule has 0 N–H and O–H groups in total. The molecule has 1 amide bonds. The van der Waals surface area contributed by atoms with Crippen LogP contribution in [0.25, 0.3) is 10.2 Å². The van der Waals surface area contributed by atoms with Gasteiger partial charge < -0.3 is 4.90 Å². The molecule has 27 heavy (non-hydrogen) atoms. The minimum absolute atomic E-state index is 0.0889. The van der Waals surface area contributed by atoms with E-state index >= 15 is 0 Å². The molecule has 1 saturated heterocycles. The van der Waals surface area contributed by atoms with Crippen LogP contribution in [0.3, 0.4) is 0 Å². The minimum Gasteiger partial charge on any atom is -0.342 e. The summed E-state index contributed by atoms with van der Waals surface area (Å²) in [7, 11) is 0. The van der Waals surface area contributed by atoms with Gasteiger partial charge in [-0.15, -0.1) is 11.3 Å². The predicted octanol–water partition coefficient (Wildman–Crippen LogP) is 3.85. The first-order chi connectivity index (χ1) is 13.2. The van der Waals surface area contributed by atoms with E-state index in [0.29, 0.717) is 17.5 Å². The molecule has 1 aliphatic heterocycles. The van der Waals surface area contributed by atoms with Crippen molar-refractivity contribution in [1.82, 2.24) is 14.5 Å². The van der Waals surface area contributed by atoms with Gasteiger partial charge in [0.15, 0.2) is 5.16 Å². The zero-order valence-electron chi connectivity index (χ0n) is 16.0. The molecule has 2 aromatic rings. The fourth-order valence-electron chi connectivity index (χ4n) is 4.13. The number of amides is 1. The second-order valence-electron chi connectivity index (χ2n) is 7.47. The molecule has 1 aliphatic carbocycles. The Bertz CT molecular complexity index is 895. The third-order valence-corrected chi connectivity index (χ3v) is 7.67. The first kappa shape index (κ1) is 19.0. The van der Waals surface area contributed by atoms with E-state index in [2.05, 4.69) is 6.92 Å². The quantitative estimate of drug-likeness (QED) is 0.560. The zero-order chi connectivity index (χ0) is 18.8.